The van der Waals surface area contributed by atoms with Crippen LogP contribution in [0.4, 0.5) is 0 Å². The monoisotopic (exact) mass is 264 g/mol. The Labute approximate surface area is 113 Å². The molecule has 1 aromatic carbocycles. The molecule has 0 fully saturated rings. The van der Waals surface area contributed by atoms with Crippen LogP contribution in [0.5, 0.6) is 0 Å². The number of hydrogen-bond acceptors (Lipinski definition) is 4. The van der Waals surface area contributed by atoms with E-state index in [1.807, 2.05) is 44.2 Å². The summed E-state index contributed by atoms with van der Waals surface area (Å²) in [6.45, 7) is 9.39. The minimum atomic E-state index is -0.601. The van der Waals surface area contributed by atoms with E-state index in [0.29, 0.717) is 6.61 Å². The highest BCUT2D eigenvalue weighted by Crippen LogP contribution is 2.24. The van der Waals surface area contributed by atoms with E-state index in [-0.39, 0.29) is 12.2 Å². The first-order valence-electron chi connectivity index (χ1n) is 6.18. The molecule has 0 aliphatic rings. The van der Waals surface area contributed by atoms with Crippen LogP contribution in [0, 0.1) is 0 Å². The van der Waals surface area contributed by atoms with E-state index in [9.17, 15) is 4.79 Å². The van der Waals surface area contributed by atoms with E-state index >= 15 is 0 Å². The summed E-state index contributed by atoms with van der Waals surface area (Å²) >= 11 is 0. The zero-order valence-corrected chi connectivity index (χ0v) is 11.6. The zero-order valence-electron chi connectivity index (χ0n) is 11.6. The SMILES string of the molecule is C=C(COOC(C)(C)c1ccccc1)C(=O)OCC. The fourth-order valence-electron chi connectivity index (χ4n) is 1.43. The molecule has 19 heavy (non-hydrogen) atoms. The molecule has 0 radical (unpaired) electrons. The Balaban J connectivity index is 2.44. The highest BCUT2D eigenvalue weighted by Gasteiger charge is 2.23. The average Bonchev–Trinajstić information content (AvgIpc) is 2.39. The first-order valence-corrected chi connectivity index (χ1v) is 6.18. The van der Waals surface area contributed by atoms with Crippen molar-refractivity contribution in [3.63, 3.8) is 0 Å². The van der Waals surface area contributed by atoms with E-state index in [4.69, 9.17) is 14.5 Å². The molecular weight excluding hydrogens is 244 g/mol. The molecule has 0 bridgehead atoms. The molecule has 0 aromatic heterocycles. The number of esters is 1. The summed E-state index contributed by atoms with van der Waals surface area (Å²) in [5, 5.41) is 0. The molecule has 0 aliphatic heterocycles. The van der Waals surface area contributed by atoms with Gasteiger partial charge >= 0.3 is 5.97 Å². The van der Waals surface area contributed by atoms with Gasteiger partial charge in [0.1, 0.15) is 12.2 Å². The van der Waals surface area contributed by atoms with E-state index in [2.05, 4.69) is 6.58 Å². The van der Waals surface area contributed by atoms with Gasteiger partial charge in [0.2, 0.25) is 0 Å². The maximum absolute atomic E-state index is 11.3. The van der Waals surface area contributed by atoms with Crippen LogP contribution >= 0.6 is 0 Å². The molecule has 0 spiro atoms. The van der Waals surface area contributed by atoms with Crippen LogP contribution in [-0.4, -0.2) is 19.2 Å². The van der Waals surface area contributed by atoms with Crippen molar-refractivity contribution >= 4 is 5.97 Å². The van der Waals surface area contributed by atoms with Gasteiger partial charge in [-0.05, 0) is 26.3 Å². The molecule has 104 valence electrons. The number of carbonyl (C=O) groups is 1. The van der Waals surface area contributed by atoms with Crippen LogP contribution < -0.4 is 0 Å². The van der Waals surface area contributed by atoms with Crippen molar-refractivity contribution in [3.8, 4) is 0 Å². The van der Waals surface area contributed by atoms with Gasteiger partial charge in [-0.1, -0.05) is 36.9 Å². The van der Waals surface area contributed by atoms with Crippen molar-refractivity contribution in [2.45, 2.75) is 26.4 Å². The summed E-state index contributed by atoms with van der Waals surface area (Å²) in [6, 6.07) is 9.69. The predicted octanol–water partition coefficient (Wildman–Crippen LogP) is 2.99. The van der Waals surface area contributed by atoms with E-state index < -0.39 is 11.6 Å². The molecule has 4 heteroatoms. The van der Waals surface area contributed by atoms with Gasteiger partial charge in [0.05, 0.1) is 12.2 Å². The topological polar surface area (TPSA) is 44.8 Å². The molecule has 0 aliphatic carbocycles. The lowest BCUT2D eigenvalue weighted by Crippen LogP contribution is -2.23. The molecule has 0 N–H and O–H groups in total. The van der Waals surface area contributed by atoms with Gasteiger partial charge in [-0.25, -0.2) is 14.6 Å². The second-order valence-corrected chi connectivity index (χ2v) is 4.55. The van der Waals surface area contributed by atoms with Crippen LogP contribution in [0.3, 0.4) is 0 Å². The van der Waals surface area contributed by atoms with Crippen molar-refractivity contribution < 1.29 is 19.3 Å². The summed E-state index contributed by atoms with van der Waals surface area (Å²) in [4.78, 5) is 21.7. The van der Waals surface area contributed by atoms with Crippen LogP contribution in [-0.2, 0) is 24.9 Å². The number of carbonyl (C=O) groups excluding carboxylic acids is 1. The molecule has 1 aromatic rings. The van der Waals surface area contributed by atoms with Crippen LogP contribution in [0.25, 0.3) is 0 Å². The number of ether oxygens (including phenoxy) is 1. The van der Waals surface area contributed by atoms with Crippen molar-refractivity contribution in [1.29, 1.82) is 0 Å². The van der Waals surface area contributed by atoms with E-state index in [0.717, 1.165) is 5.56 Å². The zero-order chi connectivity index (χ0) is 14.3. The van der Waals surface area contributed by atoms with Crippen molar-refractivity contribution in [2.75, 3.05) is 13.2 Å². The molecule has 0 atom stereocenters. The molecule has 0 amide bonds. The third-order valence-electron chi connectivity index (χ3n) is 2.53. The quantitative estimate of drug-likeness (QED) is 0.329. The first-order chi connectivity index (χ1) is 8.97. The Hall–Kier alpha value is -1.65. The lowest BCUT2D eigenvalue weighted by atomic mass is 9.99. The van der Waals surface area contributed by atoms with Crippen LogP contribution in [0.15, 0.2) is 42.5 Å². The molecule has 0 saturated heterocycles. The summed E-state index contributed by atoms with van der Waals surface area (Å²) in [6.07, 6.45) is 0. The average molecular weight is 264 g/mol. The second kappa shape index (κ2) is 7.07. The Morgan fingerprint density at radius 1 is 1.26 bits per heavy atom. The first kappa shape index (κ1) is 15.4. The third kappa shape index (κ3) is 4.85. The van der Waals surface area contributed by atoms with Gasteiger partial charge in [0.25, 0.3) is 0 Å². The van der Waals surface area contributed by atoms with Gasteiger partial charge in [-0.2, -0.15) is 0 Å². The molecule has 0 heterocycles. The van der Waals surface area contributed by atoms with Gasteiger partial charge in [0, 0.05) is 0 Å². The maximum Gasteiger partial charge on any atom is 0.335 e. The fraction of sp³-hybridized carbons (Fsp3) is 0.400. The Kier molecular flexibility index (Phi) is 5.73. The van der Waals surface area contributed by atoms with Gasteiger partial charge < -0.3 is 4.74 Å². The Morgan fingerprint density at radius 3 is 2.47 bits per heavy atom. The number of hydrogen-bond donors (Lipinski definition) is 0. The highest BCUT2D eigenvalue weighted by molar-refractivity contribution is 5.87. The normalized spacial score (nSPS) is 11.1. The third-order valence-corrected chi connectivity index (χ3v) is 2.53. The highest BCUT2D eigenvalue weighted by atomic mass is 17.2. The maximum atomic E-state index is 11.3. The fourth-order valence-corrected chi connectivity index (χ4v) is 1.43. The minimum Gasteiger partial charge on any atom is -0.463 e. The molecule has 4 nitrogen and oxygen atoms in total. The summed E-state index contributed by atoms with van der Waals surface area (Å²) in [7, 11) is 0. The largest absolute Gasteiger partial charge is 0.463 e. The van der Waals surface area contributed by atoms with Crippen LogP contribution in [0.2, 0.25) is 0 Å². The molecule has 0 saturated carbocycles. The van der Waals surface area contributed by atoms with Crippen molar-refractivity contribution in [2.24, 2.45) is 0 Å². The summed E-state index contributed by atoms with van der Waals surface area (Å²) in [5.74, 6) is -0.469. The number of benzene rings is 1. The van der Waals surface area contributed by atoms with Gasteiger partial charge in [0.15, 0.2) is 0 Å². The lowest BCUT2D eigenvalue weighted by Gasteiger charge is -2.24. The van der Waals surface area contributed by atoms with Gasteiger partial charge in [-0.15, -0.1) is 0 Å². The number of rotatable bonds is 7. The molecular formula is C15H20O4. The smallest absolute Gasteiger partial charge is 0.335 e. The van der Waals surface area contributed by atoms with Crippen LogP contribution in [0.1, 0.15) is 26.3 Å². The molecule has 1 rings (SSSR count). The van der Waals surface area contributed by atoms with Gasteiger partial charge in [-0.3, -0.25) is 0 Å². The Bertz CT molecular complexity index is 423. The predicted molar refractivity (Wildman–Crippen MR) is 72.3 cm³/mol. The van der Waals surface area contributed by atoms with E-state index in [1.54, 1.807) is 6.92 Å². The summed E-state index contributed by atoms with van der Waals surface area (Å²) < 4.78 is 4.80. The standard InChI is InChI=1S/C15H20O4/c1-5-17-14(16)12(2)11-18-19-15(3,4)13-9-7-6-8-10-13/h6-10H,2,5,11H2,1,3-4H3. The second-order valence-electron chi connectivity index (χ2n) is 4.55. The Morgan fingerprint density at radius 2 is 1.89 bits per heavy atom. The lowest BCUT2D eigenvalue weighted by molar-refractivity contribution is -0.353. The minimum absolute atomic E-state index is 0.0188. The van der Waals surface area contributed by atoms with E-state index in [1.165, 1.54) is 0 Å². The van der Waals surface area contributed by atoms with Crippen molar-refractivity contribution in [3.05, 3.63) is 48.0 Å². The summed E-state index contributed by atoms with van der Waals surface area (Å²) in [5.41, 5.74) is 0.610. The molecule has 0 unspecified atom stereocenters. The van der Waals surface area contributed by atoms with Crippen molar-refractivity contribution in [1.82, 2.24) is 0 Å².